The van der Waals surface area contributed by atoms with Crippen LogP contribution in [0.3, 0.4) is 0 Å². The van der Waals surface area contributed by atoms with Crippen molar-refractivity contribution in [3.05, 3.63) is 28.8 Å². The summed E-state index contributed by atoms with van der Waals surface area (Å²) in [5, 5.41) is 0.513. The van der Waals surface area contributed by atoms with Crippen LogP contribution in [0, 0.1) is 5.92 Å². The van der Waals surface area contributed by atoms with E-state index >= 15 is 0 Å². The average molecular weight is 253 g/mol. The van der Waals surface area contributed by atoms with Gasteiger partial charge in [-0.1, -0.05) is 18.5 Å². The van der Waals surface area contributed by atoms with Crippen LogP contribution >= 0.6 is 11.6 Å². The number of benzene rings is 1. The van der Waals surface area contributed by atoms with Crippen LogP contribution in [0.5, 0.6) is 0 Å². The van der Waals surface area contributed by atoms with Gasteiger partial charge in [-0.05, 0) is 37.0 Å². The van der Waals surface area contributed by atoms with Crippen LogP contribution in [-0.4, -0.2) is 23.9 Å². The van der Waals surface area contributed by atoms with E-state index in [2.05, 4.69) is 6.92 Å². The van der Waals surface area contributed by atoms with Crippen LogP contribution in [-0.2, 0) is 0 Å². The van der Waals surface area contributed by atoms with Crippen LogP contribution in [0.4, 0.5) is 5.69 Å². The lowest BCUT2D eigenvalue weighted by atomic mass is 9.98. The molecule has 17 heavy (non-hydrogen) atoms. The van der Waals surface area contributed by atoms with Crippen molar-refractivity contribution in [3.8, 4) is 0 Å². The summed E-state index contributed by atoms with van der Waals surface area (Å²) in [5.74, 6) is 0.745. The highest BCUT2D eigenvalue weighted by Crippen LogP contribution is 2.21. The van der Waals surface area contributed by atoms with Gasteiger partial charge in [0.25, 0.3) is 5.91 Å². The Kier molecular flexibility index (Phi) is 3.57. The maximum absolute atomic E-state index is 12.2. The third-order valence-electron chi connectivity index (χ3n) is 3.24. The maximum Gasteiger partial charge on any atom is 0.253 e. The van der Waals surface area contributed by atoms with E-state index in [1.54, 1.807) is 18.2 Å². The smallest absolute Gasteiger partial charge is 0.253 e. The molecule has 0 aliphatic carbocycles. The fraction of sp³-hybridized carbons (Fsp3) is 0.462. The van der Waals surface area contributed by atoms with Gasteiger partial charge in [0.15, 0.2) is 0 Å². The Morgan fingerprint density at radius 2 is 2.00 bits per heavy atom. The largest absolute Gasteiger partial charge is 0.399 e. The van der Waals surface area contributed by atoms with Crippen LogP contribution < -0.4 is 5.73 Å². The number of hydrogen-bond acceptors (Lipinski definition) is 2. The quantitative estimate of drug-likeness (QED) is 0.782. The molecule has 1 aliphatic heterocycles. The van der Waals surface area contributed by atoms with E-state index in [-0.39, 0.29) is 5.91 Å². The minimum atomic E-state index is 0.0334. The summed E-state index contributed by atoms with van der Waals surface area (Å²) in [7, 11) is 0. The van der Waals surface area contributed by atoms with Gasteiger partial charge in [0, 0.05) is 29.4 Å². The van der Waals surface area contributed by atoms with Crippen LogP contribution in [0.2, 0.25) is 5.02 Å². The molecule has 0 radical (unpaired) electrons. The summed E-state index contributed by atoms with van der Waals surface area (Å²) in [5.41, 5.74) is 6.81. The molecule has 4 heteroatoms. The van der Waals surface area contributed by atoms with Crippen molar-refractivity contribution in [1.29, 1.82) is 0 Å². The molecule has 0 atom stereocenters. The molecule has 0 aromatic heterocycles. The summed E-state index contributed by atoms with van der Waals surface area (Å²) < 4.78 is 0. The molecule has 0 spiro atoms. The fourth-order valence-corrected chi connectivity index (χ4v) is 2.37. The second-order valence-corrected chi connectivity index (χ2v) is 5.18. The van der Waals surface area contributed by atoms with Crippen molar-refractivity contribution in [2.24, 2.45) is 5.92 Å². The summed E-state index contributed by atoms with van der Waals surface area (Å²) in [6, 6.07) is 5.02. The topological polar surface area (TPSA) is 46.3 Å². The van der Waals surface area contributed by atoms with Gasteiger partial charge in [0.05, 0.1) is 0 Å². The molecular weight excluding hydrogens is 236 g/mol. The first-order valence-electron chi connectivity index (χ1n) is 5.91. The van der Waals surface area contributed by atoms with Crippen LogP contribution in [0.25, 0.3) is 0 Å². The summed E-state index contributed by atoms with van der Waals surface area (Å²) >= 11 is 5.91. The van der Waals surface area contributed by atoms with Gasteiger partial charge in [-0.15, -0.1) is 0 Å². The SMILES string of the molecule is CC1CCN(C(=O)c2cc(N)cc(Cl)c2)CC1. The van der Waals surface area contributed by atoms with E-state index in [1.165, 1.54) is 0 Å². The van der Waals surface area contributed by atoms with Crippen molar-refractivity contribution in [2.75, 3.05) is 18.8 Å². The molecule has 1 fully saturated rings. The molecule has 0 bridgehead atoms. The van der Waals surface area contributed by atoms with Crippen molar-refractivity contribution in [3.63, 3.8) is 0 Å². The number of carbonyl (C=O) groups is 1. The average Bonchev–Trinajstić information content (AvgIpc) is 2.28. The highest BCUT2D eigenvalue weighted by Gasteiger charge is 2.21. The first-order valence-corrected chi connectivity index (χ1v) is 6.29. The number of rotatable bonds is 1. The number of carbonyl (C=O) groups excluding carboxylic acids is 1. The second kappa shape index (κ2) is 4.96. The van der Waals surface area contributed by atoms with E-state index < -0.39 is 0 Å². The maximum atomic E-state index is 12.2. The Labute approximate surface area is 107 Å². The van der Waals surface area contributed by atoms with Crippen molar-refractivity contribution >= 4 is 23.2 Å². The van der Waals surface area contributed by atoms with Gasteiger partial charge in [0.2, 0.25) is 0 Å². The van der Waals surface area contributed by atoms with E-state index in [0.717, 1.165) is 25.9 Å². The predicted molar refractivity (Wildman–Crippen MR) is 70.2 cm³/mol. The molecule has 3 nitrogen and oxygen atoms in total. The number of halogens is 1. The molecule has 1 amide bonds. The van der Waals surface area contributed by atoms with Crippen molar-refractivity contribution in [1.82, 2.24) is 4.90 Å². The van der Waals surface area contributed by atoms with Crippen molar-refractivity contribution in [2.45, 2.75) is 19.8 Å². The Hall–Kier alpha value is -1.22. The zero-order valence-corrected chi connectivity index (χ0v) is 10.7. The third-order valence-corrected chi connectivity index (χ3v) is 3.46. The monoisotopic (exact) mass is 252 g/mol. The number of amides is 1. The van der Waals surface area contributed by atoms with E-state index in [1.807, 2.05) is 4.90 Å². The molecule has 2 N–H and O–H groups in total. The fourth-order valence-electron chi connectivity index (χ4n) is 2.13. The summed E-state index contributed by atoms with van der Waals surface area (Å²) in [4.78, 5) is 14.1. The molecule has 1 aliphatic rings. The number of hydrogen-bond donors (Lipinski definition) is 1. The molecule has 0 saturated carbocycles. The molecule has 92 valence electrons. The minimum Gasteiger partial charge on any atom is -0.399 e. The lowest BCUT2D eigenvalue weighted by Gasteiger charge is -2.30. The highest BCUT2D eigenvalue weighted by molar-refractivity contribution is 6.31. The zero-order valence-electron chi connectivity index (χ0n) is 9.95. The summed E-state index contributed by atoms with van der Waals surface area (Å²) in [6.45, 7) is 3.87. The normalized spacial score (nSPS) is 17.2. The molecule has 0 unspecified atom stereocenters. The van der Waals surface area contributed by atoms with Gasteiger partial charge < -0.3 is 10.6 Å². The van der Waals surface area contributed by atoms with E-state index in [4.69, 9.17) is 17.3 Å². The van der Waals surface area contributed by atoms with E-state index in [9.17, 15) is 4.79 Å². The lowest BCUT2D eigenvalue weighted by molar-refractivity contribution is 0.0697. The number of anilines is 1. The Bertz CT molecular complexity index is 405. The molecule has 2 rings (SSSR count). The third kappa shape index (κ3) is 2.91. The van der Waals surface area contributed by atoms with Crippen molar-refractivity contribution < 1.29 is 4.79 Å². The number of nitrogen functional groups attached to an aromatic ring is 1. The van der Waals surface area contributed by atoms with Crippen LogP contribution in [0.15, 0.2) is 18.2 Å². The Morgan fingerprint density at radius 1 is 1.35 bits per heavy atom. The predicted octanol–water partition coefficient (Wildman–Crippen LogP) is 2.79. The second-order valence-electron chi connectivity index (χ2n) is 4.75. The van der Waals surface area contributed by atoms with Gasteiger partial charge in [-0.25, -0.2) is 0 Å². The Morgan fingerprint density at radius 3 is 2.59 bits per heavy atom. The Balaban J connectivity index is 2.14. The van der Waals surface area contributed by atoms with E-state index in [0.29, 0.717) is 22.2 Å². The number of piperidine rings is 1. The molecule has 1 aromatic carbocycles. The zero-order chi connectivity index (χ0) is 12.4. The first-order chi connectivity index (χ1) is 8.06. The standard InChI is InChI=1S/C13H17ClN2O/c1-9-2-4-16(5-3-9)13(17)10-6-11(14)8-12(15)7-10/h6-9H,2-5,15H2,1H3. The van der Waals surface area contributed by atoms with Gasteiger partial charge in [-0.2, -0.15) is 0 Å². The van der Waals surface area contributed by atoms with Gasteiger partial charge in [-0.3, -0.25) is 4.79 Å². The number of nitrogens with zero attached hydrogens (tertiary/aromatic N) is 1. The minimum absolute atomic E-state index is 0.0334. The number of likely N-dealkylation sites (tertiary alicyclic amines) is 1. The lowest BCUT2D eigenvalue weighted by Crippen LogP contribution is -2.37. The number of nitrogens with two attached hydrogens (primary N) is 1. The first kappa shape index (κ1) is 12.2. The molecule has 1 heterocycles. The van der Waals surface area contributed by atoms with Gasteiger partial charge >= 0.3 is 0 Å². The highest BCUT2D eigenvalue weighted by atomic mass is 35.5. The molecule has 1 saturated heterocycles. The molecular formula is C13H17ClN2O. The summed E-state index contributed by atoms with van der Waals surface area (Å²) in [6.07, 6.45) is 2.14. The molecule has 1 aromatic rings. The van der Waals surface area contributed by atoms with Crippen LogP contribution in [0.1, 0.15) is 30.1 Å². The van der Waals surface area contributed by atoms with Gasteiger partial charge in [0.1, 0.15) is 0 Å².